The van der Waals surface area contributed by atoms with Gasteiger partial charge in [0.25, 0.3) is 11.8 Å². The molecule has 2 aromatic carbocycles. The second-order valence-electron chi connectivity index (χ2n) is 7.84. The van der Waals surface area contributed by atoms with Crippen LogP contribution in [0.3, 0.4) is 0 Å². The maximum Gasteiger partial charge on any atom is 0.291 e. The highest BCUT2D eigenvalue weighted by atomic mass is 16.5. The van der Waals surface area contributed by atoms with E-state index in [0.29, 0.717) is 29.2 Å². The van der Waals surface area contributed by atoms with E-state index in [-0.39, 0.29) is 36.1 Å². The second-order valence-corrected chi connectivity index (χ2v) is 7.84. The van der Waals surface area contributed by atoms with Gasteiger partial charge in [-0.25, -0.2) is 0 Å². The van der Waals surface area contributed by atoms with Crippen LogP contribution in [0.4, 0.5) is 17.1 Å². The van der Waals surface area contributed by atoms with Crippen molar-refractivity contribution in [2.24, 2.45) is 0 Å². The molecule has 0 radical (unpaired) electrons. The number of anilines is 3. The van der Waals surface area contributed by atoms with Gasteiger partial charge in [-0.3, -0.25) is 14.4 Å². The fourth-order valence-electron chi connectivity index (χ4n) is 3.55. The molecule has 4 N–H and O–H groups in total. The normalized spacial score (nSPS) is 14.9. The van der Waals surface area contributed by atoms with Gasteiger partial charge >= 0.3 is 0 Å². The van der Waals surface area contributed by atoms with E-state index in [1.807, 2.05) is 0 Å². The van der Waals surface area contributed by atoms with Crippen LogP contribution in [0, 0.1) is 0 Å². The molecule has 0 aliphatic carbocycles. The third-order valence-corrected chi connectivity index (χ3v) is 5.24. The first-order valence-corrected chi connectivity index (χ1v) is 11.1. The average Bonchev–Trinajstić information content (AvgIpc) is 3.56. The van der Waals surface area contributed by atoms with Crippen LogP contribution >= 0.6 is 0 Å². The molecular weight excluding hydrogens is 436 g/mol. The Kier molecular flexibility index (Phi) is 7.56. The van der Waals surface area contributed by atoms with Crippen LogP contribution in [0.15, 0.2) is 71.3 Å². The second kappa shape index (κ2) is 11.2. The van der Waals surface area contributed by atoms with Crippen LogP contribution in [-0.4, -0.2) is 43.5 Å². The van der Waals surface area contributed by atoms with E-state index in [9.17, 15) is 14.4 Å². The van der Waals surface area contributed by atoms with Gasteiger partial charge in [-0.05, 0) is 61.4 Å². The van der Waals surface area contributed by atoms with Gasteiger partial charge in [0.2, 0.25) is 5.91 Å². The number of carbonyl (C=O) groups is 3. The van der Waals surface area contributed by atoms with Crippen molar-refractivity contribution in [2.75, 3.05) is 35.6 Å². The van der Waals surface area contributed by atoms with Gasteiger partial charge in [-0.15, -0.1) is 0 Å². The summed E-state index contributed by atoms with van der Waals surface area (Å²) in [4.78, 5) is 36.9. The largest absolute Gasteiger partial charge is 0.459 e. The van der Waals surface area contributed by atoms with Gasteiger partial charge in [0, 0.05) is 35.8 Å². The minimum absolute atomic E-state index is 0.00499. The molecule has 0 saturated carbocycles. The van der Waals surface area contributed by atoms with E-state index < -0.39 is 0 Å². The Morgan fingerprint density at radius 2 is 1.68 bits per heavy atom. The molecule has 0 bridgehead atoms. The fourth-order valence-corrected chi connectivity index (χ4v) is 3.55. The molecule has 1 fully saturated rings. The van der Waals surface area contributed by atoms with Crippen LogP contribution in [0.1, 0.15) is 33.8 Å². The fraction of sp³-hybridized carbons (Fsp3) is 0.240. The lowest BCUT2D eigenvalue weighted by Crippen LogP contribution is -2.31. The number of carbonyl (C=O) groups excluding carboxylic acids is 3. The molecule has 176 valence electrons. The smallest absolute Gasteiger partial charge is 0.291 e. The summed E-state index contributed by atoms with van der Waals surface area (Å²) in [5, 5.41) is 11.4. The molecule has 3 amide bonds. The summed E-state index contributed by atoms with van der Waals surface area (Å²) in [6.07, 6.45) is 3.46. The summed E-state index contributed by atoms with van der Waals surface area (Å²) in [6.45, 7) is 1.21. The molecule has 1 aromatic heterocycles. The summed E-state index contributed by atoms with van der Waals surface area (Å²) in [6, 6.07) is 17.0. The Morgan fingerprint density at radius 3 is 2.44 bits per heavy atom. The molecule has 9 heteroatoms. The Hall–Kier alpha value is -4.11. The van der Waals surface area contributed by atoms with Crippen molar-refractivity contribution in [3.8, 4) is 0 Å². The first kappa shape index (κ1) is 23.1. The van der Waals surface area contributed by atoms with Crippen molar-refractivity contribution in [3.05, 3.63) is 78.3 Å². The van der Waals surface area contributed by atoms with Crippen molar-refractivity contribution in [1.82, 2.24) is 5.32 Å². The van der Waals surface area contributed by atoms with E-state index >= 15 is 0 Å². The predicted molar refractivity (Wildman–Crippen MR) is 128 cm³/mol. The first-order valence-electron chi connectivity index (χ1n) is 11.1. The summed E-state index contributed by atoms with van der Waals surface area (Å²) < 4.78 is 10.6. The highest BCUT2D eigenvalue weighted by Gasteiger charge is 2.17. The minimum Gasteiger partial charge on any atom is -0.459 e. The molecule has 3 aromatic rings. The number of ether oxygens (including phenoxy) is 1. The van der Waals surface area contributed by atoms with E-state index in [4.69, 9.17) is 9.15 Å². The molecule has 1 aliphatic heterocycles. The van der Waals surface area contributed by atoms with Gasteiger partial charge in [0.1, 0.15) is 0 Å². The summed E-state index contributed by atoms with van der Waals surface area (Å²) >= 11 is 0. The zero-order valence-corrected chi connectivity index (χ0v) is 18.5. The topological polar surface area (TPSA) is 122 Å². The third kappa shape index (κ3) is 6.46. The van der Waals surface area contributed by atoms with Crippen LogP contribution < -0.4 is 21.3 Å². The molecule has 1 aliphatic rings. The van der Waals surface area contributed by atoms with Gasteiger partial charge in [0.05, 0.1) is 18.9 Å². The van der Waals surface area contributed by atoms with E-state index in [2.05, 4.69) is 21.3 Å². The number of hydrogen-bond acceptors (Lipinski definition) is 6. The van der Waals surface area contributed by atoms with Gasteiger partial charge in [-0.1, -0.05) is 12.1 Å². The maximum atomic E-state index is 12.4. The average molecular weight is 463 g/mol. The third-order valence-electron chi connectivity index (χ3n) is 5.24. The molecular formula is C25H26N4O5. The van der Waals surface area contributed by atoms with Crippen LogP contribution in [0.25, 0.3) is 0 Å². The van der Waals surface area contributed by atoms with Crippen molar-refractivity contribution in [2.45, 2.75) is 18.9 Å². The molecule has 9 nitrogen and oxygen atoms in total. The lowest BCUT2D eigenvalue weighted by Gasteiger charge is -2.12. The SMILES string of the molecule is O=C(CNc1cccc(NC(=O)c2ccco2)c1)Nc1cccc(C(=O)NCC2CCCO2)c1. The molecule has 0 spiro atoms. The molecule has 1 unspecified atom stereocenters. The first-order chi connectivity index (χ1) is 16.6. The lowest BCUT2D eigenvalue weighted by atomic mass is 10.1. The molecule has 1 atom stereocenters. The highest BCUT2D eigenvalue weighted by molar-refractivity contribution is 6.02. The van der Waals surface area contributed by atoms with E-state index in [1.165, 1.54) is 6.26 Å². The van der Waals surface area contributed by atoms with Crippen molar-refractivity contribution < 1.29 is 23.5 Å². The van der Waals surface area contributed by atoms with Gasteiger partial charge in [-0.2, -0.15) is 0 Å². The zero-order valence-electron chi connectivity index (χ0n) is 18.5. The van der Waals surface area contributed by atoms with Gasteiger partial charge in [0.15, 0.2) is 5.76 Å². The molecule has 2 heterocycles. The number of rotatable bonds is 9. The van der Waals surface area contributed by atoms with Crippen molar-refractivity contribution in [3.63, 3.8) is 0 Å². The number of benzene rings is 2. The van der Waals surface area contributed by atoms with Crippen LogP contribution in [0.2, 0.25) is 0 Å². The Morgan fingerprint density at radius 1 is 0.882 bits per heavy atom. The zero-order chi connectivity index (χ0) is 23.8. The van der Waals surface area contributed by atoms with E-state index in [0.717, 1.165) is 19.4 Å². The summed E-state index contributed by atoms with van der Waals surface area (Å²) in [5.41, 5.74) is 2.21. The minimum atomic E-state index is -0.361. The molecule has 34 heavy (non-hydrogen) atoms. The molecule has 1 saturated heterocycles. The van der Waals surface area contributed by atoms with Crippen LogP contribution in [0.5, 0.6) is 0 Å². The maximum absolute atomic E-state index is 12.4. The Balaban J connectivity index is 1.26. The molecule has 4 rings (SSSR count). The monoisotopic (exact) mass is 462 g/mol. The van der Waals surface area contributed by atoms with E-state index in [1.54, 1.807) is 60.7 Å². The number of hydrogen-bond donors (Lipinski definition) is 4. The number of nitrogens with one attached hydrogen (secondary N) is 4. The highest BCUT2D eigenvalue weighted by Crippen LogP contribution is 2.17. The van der Waals surface area contributed by atoms with Gasteiger partial charge < -0.3 is 30.4 Å². The number of amides is 3. The lowest BCUT2D eigenvalue weighted by molar-refractivity contribution is -0.114. The van der Waals surface area contributed by atoms with Crippen LogP contribution in [-0.2, 0) is 9.53 Å². The van der Waals surface area contributed by atoms with Crippen molar-refractivity contribution >= 4 is 34.8 Å². The number of furan rings is 1. The quantitative estimate of drug-likeness (QED) is 0.386. The summed E-state index contributed by atoms with van der Waals surface area (Å²) in [7, 11) is 0. The summed E-state index contributed by atoms with van der Waals surface area (Å²) in [5.74, 6) is -0.639. The predicted octanol–water partition coefficient (Wildman–Crippen LogP) is 3.49. The van der Waals surface area contributed by atoms with Crippen molar-refractivity contribution in [1.29, 1.82) is 0 Å². The Labute approximate surface area is 196 Å². The standard InChI is InChI=1S/C25H26N4O5/c30-23(16-26-18-6-2-8-20(14-18)29-25(32)22-10-4-12-34-22)28-19-7-1-5-17(13-19)24(31)27-15-21-9-3-11-33-21/h1-2,4-8,10,12-14,21,26H,3,9,11,15-16H2,(H,27,31)(H,28,30)(H,29,32). The Bertz CT molecular complexity index is 1140.